The molecule has 0 spiro atoms. The highest BCUT2D eigenvalue weighted by Crippen LogP contribution is 2.30. The minimum atomic E-state index is 0.211. The standard InChI is InChI=1S/C10H9NO2/c1-7-6-11-13-10(7)8-4-2-3-5-9(8)12/h2-6,12H,1H3. The second-order valence-electron chi connectivity index (χ2n) is 2.86. The number of aromatic nitrogens is 1. The van der Waals surface area contributed by atoms with Crippen LogP contribution >= 0.6 is 0 Å². The van der Waals surface area contributed by atoms with Crippen molar-refractivity contribution in [2.45, 2.75) is 6.92 Å². The van der Waals surface area contributed by atoms with Gasteiger partial charge in [-0.3, -0.25) is 0 Å². The summed E-state index contributed by atoms with van der Waals surface area (Å²) in [5, 5.41) is 13.2. The molecular weight excluding hydrogens is 166 g/mol. The average Bonchev–Trinajstić information content (AvgIpc) is 2.52. The van der Waals surface area contributed by atoms with Crippen LogP contribution in [-0.2, 0) is 0 Å². The maximum atomic E-state index is 9.52. The molecule has 0 atom stereocenters. The van der Waals surface area contributed by atoms with Gasteiger partial charge >= 0.3 is 0 Å². The molecule has 0 bridgehead atoms. The van der Waals surface area contributed by atoms with Gasteiger partial charge in [-0.05, 0) is 19.1 Å². The molecule has 0 saturated carbocycles. The van der Waals surface area contributed by atoms with E-state index in [9.17, 15) is 5.11 Å². The van der Waals surface area contributed by atoms with Crippen LogP contribution in [0.2, 0.25) is 0 Å². The van der Waals surface area contributed by atoms with E-state index in [0.29, 0.717) is 11.3 Å². The zero-order valence-corrected chi connectivity index (χ0v) is 7.19. The van der Waals surface area contributed by atoms with E-state index in [0.717, 1.165) is 5.56 Å². The average molecular weight is 175 g/mol. The monoisotopic (exact) mass is 175 g/mol. The first-order valence-corrected chi connectivity index (χ1v) is 3.98. The Bertz CT molecular complexity index is 420. The summed E-state index contributed by atoms with van der Waals surface area (Å²) in [5.74, 6) is 0.834. The second kappa shape index (κ2) is 2.94. The molecule has 0 aliphatic rings. The number of hydrogen-bond donors (Lipinski definition) is 1. The summed E-state index contributed by atoms with van der Waals surface area (Å²) in [6, 6.07) is 7.03. The predicted octanol–water partition coefficient (Wildman–Crippen LogP) is 2.36. The van der Waals surface area contributed by atoms with Crippen molar-refractivity contribution in [1.29, 1.82) is 0 Å². The van der Waals surface area contributed by atoms with E-state index < -0.39 is 0 Å². The van der Waals surface area contributed by atoms with Crippen LogP contribution in [0.3, 0.4) is 0 Å². The minimum Gasteiger partial charge on any atom is -0.507 e. The Morgan fingerprint density at radius 2 is 2.08 bits per heavy atom. The third-order valence-electron chi connectivity index (χ3n) is 1.90. The third kappa shape index (κ3) is 1.28. The van der Waals surface area contributed by atoms with E-state index in [1.165, 1.54) is 0 Å². The quantitative estimate of drug-likeness (QED) is 0.723. The van der Waals surface area contributed by atoms with E-state index in [4.69, 9.17) is 4.52 Å². The molecule has 66 valence electrons. The van der Waals surface area contributed by atoms with Crippen LogP contribution in [0.5, 0.6) is 5.75 Å². The molecule has 1 aromatic carbocycles. The number of phenolic OH excluding ortho intramolecular Hbond substituents is 1. The Kier molecular flexibility index (Phi) is 1.77. The van der Waals surface area contributed by atoms with Gasteiger partial charge in [0.2, 0.25) is 0 Å². The Morgan fingerprint density at radius 1 is 1.31 bits per heavy atom. The van der Waals surface area contributed by atoms with Gasteiger partial charge in [0.1, 0.15) is 5.75 Å². The number of aryl methyl sites for hydroxylation is 1. The maximum Gasteiger partial charge on any atom is 0.173 e. The predicted molar refractivity (Wildman–Crippen MR) is 48.3 cm³/mol. The van der Waals surface area contributed by atoms with Gasteiger partial charge in [0.25, 0.3) is 0 Å². The highest BCUT2D eigenvalue weighted by atomic mass is 16.5. The van der Waals surface area contributed by atoms with Crippen LogP contribution in [0.15, 0.2) is 35.0 Å². The minimum absolute atomic E-state index is 0.211. The van der Waals surface area contributed by atoms with Crippen LogP contribution < -0.4 is 0 Å². The first kappa shape index (κ1) is 7.86. The summed E-state index contributed by atoms with van der Waals surface area (Å²) in [5.41, 5.74) is 1.60. The lowest BCUT2D eigenvalue weighted by Gasteiger charge is -1.99. The molecule has 0 aliphatic carbocycles. The lowest BCUT2D eigenvalue weighted by Crippen LogP contribution is -1.77. The fourth-order valence-electron chi connectivity index (χ4n) is 1.22. The van der Waals surface area contributed by atoms with Crippen molar-refractivity contribution in [1.82, 2.24) is 5.16 Å². The van der Waals surface area contributed by atoms with Crippen molar-refractivity contribution in [3.63, 3.8) is 0 Å². The Labute approximate surface area is 75.6 Å². The van der Waals surface area contributed by atoms with Crippen LogP contribution in [0.4, 0.5) is 0 Å². The summed E-state index contributed by atoms with van der Waals surface area (Å²) in [4.78, 5) is 0. The van der Waals surface area contributed by atoms with Gasteiger partial charge in [-0.15, -0.1) is 0 Å². The molecule has 1 aromatic heterocycles. The summed E-state index contributed by atoms with van der Waals surface area (Å²) in [6.07, 6.45) is 1.63. The van der Waals surface area contributed by atoms with Gasteiger partial charge in [-0.1, -0.05) is 17.3 Å². The molecule has 0 fully saturated rings. The Morgan fingerprint density at radius 3 is 2.69 bits per heavy atom. The number of rotatable bonds is 1. The van der Waals surface area contributed by atoms with Crippen molar-refractivity contribution >= 4 is 0 Å². The van der Waals surface area contributed by atoms with Gasteiger partial charge < -0.3 is 9.63 Å². The molecule has 3 nitrogen and oxygen atoms in total. The highest BCUT2D eigenvalue weighted by Gasteiger charge is 2.09. The maximum absolute atomic E-state index is 9.52. The van der Waals surface area contributed by atoms with Crippen molar-refractivity contribution in [2.75, 3.05) is 0 Å². The topological polar surface area (TPSA) is 46.3 Å². The second-order valence-corrected chi connectivity index (χ2v) is 2.86. The molecule has 2 rings (SSSR count). The number of hydrogen-bond acceptors (Lipinski definition) is 3. The molecule has 2 aromatic rings. The lowest BCUT2D eigenvalue weighted by molar-refractivity contribution is 0.425. The van der Waals surface area contributed by atoms with Gasteiger partial charge in [-0.25, -0.2) is 0 Å². The van der Waals surface area contributed by atoms with E-state index >= 15 is 0 Å². The number of benzene rings is 1. The van der Waals surface area contributed by atoms with E-state index in [2.05, 4.69) is 5.16 Å². The first-order chi connectivity index (χ1) is 6.29. The van der Waals surface area contributed by atoms with Gasteiger partial charge in [0.15, 0.2) is 5.76 Å². The smallest absolute Gasteiger partial charge is 0.173 e. The van der Waals surface area contributed by atoms with Gasteiger partial charge in [-0.2, -0.15) is 0 Å². The van der Waals surface area contributed by atoms with Crippen molar-refractivity contribution < 1.29 is 9.63 Å². The molecule has 1 N–H and O–H groups in total. The fraction of sp³-hybridized carbons (Fsp3) is 0.100. The largest absolute Gasteiger partial charge is 0.507 e. The number of aromatic hydroxyl groups is 1. The Balaban J connectivity index is 2.59. The van der Waals surface area contributed by atoms with Crippen molar-refractivity contribution in [3.05, 3.63) is 36.0 Å². The van der Waals surface area contributed by atoms with Crippen molar-refractivity contribution in [3.8, 4) is 17.1 Å². The molecule has 0 unspecified atom stereocenters. The number of para-hydroxylation sites is 1. The normalized spacial score (nSPS) is 10.2. The molecule has 0 saturated heterocycles. The zero-order valence-electron chi connectivity index (χ0n) is 7.19. The highest BCUT2D eigenvalue weighted by molar-refractivity contribution is 5.67. The number of nitrogens with zero attached hydrogens (tertiary/aromatic N) is 1. The molecule has 0 radical (unpaired) electrons. The van der Waals surface area contributed by atoms with Crippen LogP contribution in [0.1, 0.15) is 5.56 Å². The van der Waals surface area contributed by atoms with Gasteiger partial charge in [0.05, 0.1) is 11.8 Å². The SMILES string of the molecule is Cc1cnoc1-c1ccccc1O. The molecule has 3 heteroatoms. The van der Waals surface area contributed by atoms with E-state index in [-0.39, 0.29) is 5.75 Å². The molecule has 13 heavy (non-hydrogen) atoms. The summed E-state index contributed by atoms with van der Waals surface area (Å²) in [6.45, 7) is 1.89. The summed E-state index contributed by atoms with van der Waals surface area (Å²) >= 11 is 0. The summed E-state index contributed by atoms with van der Waals surface area (Å²) < 4.78 is 5.02. The third-order valence-corrected chi connectivity index (χ3v) is 1.90. The van der Waals surface area contributed by atoms with Crippen LogP contribution in [-0.4, -0.2) is 10.3 Å². The molecule has 0 amide bonds. The molecular formula is C10H9NO2. The van der Waals surface area contributed by atoms with E-state index in [1.807, 2.05) is 13.0 Å². The first-order valence-electron chi connectivity index (χ1n) is 3.98. The Hall–Kier alpha value is -1.77. The van der Waals surface area contributed by atoms with Crippen molar-refractivity contribution in [2.24, 2.45) is 0 Å². The van der Waals surface area contributed by atoms with Crippen LogP contribution in [0, 0.1) is 6.92 Å². The zero-order chi connectivity index (χ0) is 9.26. The lowest BCUT2D eigenvalue weighted by atomic mass is 10.1. The van der Waals surface area contributed by atoms with E-state index in [1.54, 1.807) is 24.4 Å². The molecule has 0 aliphatic heterocycles. The number of phenols is 1. The van der Waals surface area contributed by atoms with Crippen LogP contribution in [0.25, 0.3) is 11.3 Å². The fourth-order valence-corrected chi connectivity index (χ4v) is 1.22. The van der Waals surface area contributed by atoms with Gasteiger partial charge in [0, 0.05) is 5.56 Å². The summed E-state index contributed by atoms with van der Waals surface area (Å²) in [7, 11) is 0. The molecule has 1 heterocycles.